The molecule has 0 unspecified atom stereocenters. The minimum Gasteiger partial charge on any atom is -0.418 e. The van der Waals surface area contributed by atoms with Crippen molar-refractivity contribution in [2.75, 3.05) is 0 Å². The van der Waals surface area contributed by atoms with Gasteiger partial charge in [0.2, 0.25) is 0 Å². The summed E-state index contributed by atoms with van der Waals surface area (Å²) in [6.45, 7) is 0. The molecule has 0 aliphatic carbocycles. The van der Waals surface area contributed by atoms with Crippen LogP contribution in [0.25, 0.3) is 0 Å². The van der Waals surface area contributed by atoms with Crippen LogP contribution < -0.4 is 0 Å². The maximum atomic E-state index is 9.75. The fourth-order valence-electron chi connectivity index (χ4n) is 0. The summed E-state index contributed by atoms with van der Waals surface area (Å²) in [6, 6.07) is 0. The first-order valence-corrected chi connectivity index (χ1v) is 3.49. The molecule has 0 N–H and O–H groups in total. The van der Waals surface area contributed by atoms with E-state index in [0.29, 0.717) is 0 Å². The summed E-state index contributed by atoms with van der Waals surface area (Å²) in [5.41, 5.74) is 0. The van der Waals surface area contributed by atoms with Crippen LogP contribution >= 0.6 is 0 Å². The van der Waals surface area contributed by atoms with Crippen LogP contribution in [0.2, 0.25) is 0 Å². The van der Waals surface area contributed by atoms with Crippen LogP contribution in [0.15, 0.2) is 0 Å². The normalized spacial score (nSPS) is 11.4. The van der Waals surface area contributed by atoms with Crippen molar-refractivity contribution in [2.45, 2.75) is 0 Å². The van der Waals surface area contributed by atoms with Crippen LogP contribution in [0.5, 0.6) is 0 Å². The van der Waals surface area contributed by atoms with Gasteiger partial charge in [0.1, 0.15) is 0 Å². The van der Waals surface area contributed by atoms with E-state index in [9.17, 15) is 69.1 Å². The Morgan fingerprint density at radius 2 is 0.238 bits per heavy atom. The monoisotopic (exact) mass is 412 g/mol. The Hall–Kier alpha value is -0.237. The van der Waals surface area contributed by atoms with Gasteiger partial charge in [-0.15, -0.1) is 0 Å². The van der Waals surface area contributed by atoms with Crippen molar-refractivity contribution in [3.63, 3.8) is 0 Å². The van der Waals surface area contributed by atoms with Gasteiger partial charge in [0.25, 0.3) is 0 Å². The summed E-state index contributed by atoms with van der Waals surface area (Å²) < 4.78 is 156. The molecule has 21 heavy (non-hydrogen) atoms. The first-order chi connectivity index (χ1) is 8.00. The molecule has 0 aliphatic rings. The third-order valence-corrected chi connectivity index (χ3v) is 0. The van der Waals surface area contributed by atoms with Crippen LogP contribution in [0.3, 0.4) is 0 Å². The van der Waals surface area contributed by atoms with E-state index >= 15 is 0 Å². The van der Waals surface area contributed by atoms with Crippen molar-refractivity contribution in [3.05, 3.63) is 0 Å². The molecule has 0 aliphatic heterocycles. The molecular weight excluding hydrogens is 413 g/mol. The molecule has 0 aromatic heterocycles. The minimum atomic E-state index is -6.00. The Bertz CT molecular complexity index is 130. The van der Waals surface area contributed by atoms with Crippen molar-refractivity contribution in [2.24, 2.45) is 0 Å². The van der Waals surface area contributed by atoms with Crippen LogP contribution in [-0.2, 0) is 19.5 Å². The van der Waals surface area contributed by atoms with E-state index in [-0.39, 0.29) is 19.5 Å². The molecule has 0 bridgehead atoms. The third-order valence-electron chi connectivity index (χ3n) is 0. The molecule has 0 heterocycles. The topological polar surface area (TPSA) is 0 Å². The van der Waals surface area contributed by atoms with Crippen molar-refractivity contribution < 1.29 is 88.5 Å². The van der Waals surface area contributed by atoms with Gasteiger partial charge in [-0.05, 0) is 0 Å². The number of rotatable bonds is 0. The molecule has 0 saturated heterocycles. The van der Waals surface area contributed by atoms with Crippen LogP contribution in [0, 0.1) is 0 Å². The first-order valence-electron chi connectivity index (χ1n) is 3.49. The molecule has 0 radical (unpaired) electrons. The van der Waals surface area contributed by atoms with E-state index in [1.54, 1.807) is 0 Å². The number of hydrogen-bond acceptors (Lipinski definition) is 0. The van der Waals surface area contributed by atoms with Gasteiger partial charge in [0.05, 0.1) is 0 Å². The number of halogens is 16. The average Bonchev–Trinajstić information content (AvgIpc) is 1.62. The molecule has 0 amide bonds. The summed E-state index contributed by atoms with van der Waals surface area (Å²) >= 11 is 0. The number of hydrogen-bond donors (Lipinski definition) is 0. The quantitative estimate of drug-likeness (QED) is 0.379. The summed E-state index contributed by atoms with van der Waals surface area (Å²) in [6.07, 6.45) is 0. The Morgan fingerprint density at radius 1 is 0.238 bits per heavy atom. The van der Waals surface area contributed by atoms with Crippen LogP contribution in [-0.4, -0.2) is 29.0 Å². The van der Waals surface area contributed by atoms with Crippen LogP contribution in [0.1, 0.15) is 0 Å². The molecule has 0 fully saturated rings. The summed E-state index contributed by atoms with van der Waals surface area (Å²) in [5.74, 6) is 0. The maximum Gasteiger partial charge on any atom is 0.673 e. The predicted molar refractivity (Wildman–Crippen MR) is 40.7 cm³/mol. The van der Waals surface area contributed by atoms with E-state index in [2.05, 4.69) is 0 Å². The van der Waals surface area contributed by atoms with Crippen molar-refractivity contribution >= 4 is 29.0 Å². The second kappa shape index (κ2) is 12.3. The summed E-state index contributed by atoms with van der Waals surface area (Å²) in [5, 5.41) is 0. The van der Waals surface area contributed by atoms with Gasteiger partial charge >= 0.3 is 29.0 Å². The van der Waals surface area contributed by atoms with Crippen molar-refractivity contribution in [1.29, 1.82) is 0 Å². The van der Waals surface area contributed by atoms with E-state index < -0.39 is 29.0 Å². The molecule has 0 spiro atoms. The zero-order valence-corrected chi connectivity index (χ0v) is 12.0. The molecule has 0 rings (SSSR count). The standard InChI is InChI=1S/4BF4.Zn/c4*2-1(3,4)5;/q4*-1;. The van der Waals surface area contributed by atoms with Gasteiger partial charge in [0.15, 0.2) is 0 Å². The van der Waals surface area contributed by atoms with E-state index in [1.165, 1.54) is 0 Å². The molecule has 0 aromatic carbocycles. The van der Waals surface area contributed by atoms with E-state index in [0.717, 1.165) is 0 Å². The minimum absolute atomic E-state index is 0. The molecule has 0 saturated carbocycles. The maximum absolute atomic E-state index is 9.75. The van der Waals surface area contributed by atoms with E-state index in [4.69, 9.17) is 0 Å². The Morgan fingerprint density at radius 3 is 0.238 bits per heavy atom. The first kappa shape index (κ1) is 32.6. The summed E-state index contributed by atoms with van der Waals surface area (Å²) in [4.78, 5) is 0. The second-order valence-electron chi connectivity index (χ2n) is 1.98. The largest absolute Gasteiger partial charge is 0.673 e. The summed E-state index contributed by atoms with van der Waals surface area (Å²) in [7, 11) is -24.0. The smallest absolute Gasteiger partial charge is 0.418 e. The SMILES string of the molecule is F[B-](F)(F)F.F[B-](F)(F)F.F[B-](F)(F)F.F[B-](F)(F)F.[Zn]. The Kier molecular flexibility index (Phi) is 19.1. The molecule has 0 nitrogen and oxygen atoms in total. The fourth-order valence-corrected chi connectivity index (χ4v) is 0. The second-order valence-corrected chi connectivity index (χ2v) is 1.98. The molecule has 130 valence electrons. The molecule has 0 aromatic rings. The molecule has 0 atom stereocenters. The van der Waals surface area contributed by atoms with Crippen molar-refractivity contribution in [1.82, 2.24) is 0 Å². The van der Waals surface area contributed by atoms with Gasteiger partial charge in [-0.3, -0.25) is 0 Å². The van der Waals surface area contributed by atoms with Crippen molar-refractivity contribution in [3.8, 4) is 0 Å². The third kappa shape index (κ3) is 111000. The zero-order chi connectivity index (χ0) is 18.0. The fraction of sp³-hybridized carbons (Fsp3) is 0. The zero-order valence-electron chi connectivity index (χ0n) is 9.06. The average molecular weight is 413 g/mol. The van der Waals surface area contributed by atoms with Crippen LogP contribution in [0.4, 0.5) is 69.1 Å². The van der Waals surface area contributed by atoms with Gasteiger partial charge < -0.3 is 69.1 Å². The predicted octanol–water partition coefficient (Wildman–Crippen LogP) is 5.20. The Balaban J connectivity index is -0.0000000533. The van der Waals surface area contributed by atoms with E-state index in [1.807, 2.05) is 0 Å². The van der Waals surface area contributed by atoms with Gasteiger partial charge in [-0.25, -0.2) is 0 Å². The van der Waals surface area contributed by atoms with Gasteiger partial charge in [-0.2, -0.15) is 0 Å². The molecular formula is B4F16Zn-4. The van der Waals surface area contributed by atoms with Gasteiger partial charge in [-0.1, -0.05) is 0 Å². The van der Waals surface area contributed by atoms with Gasteiger partial charge in [0, 0.05) is 19.5 Å². The molecule has 21 heteroatoms. The Labute approximate surface area is 118 Å².